The Kier molecular flexibility index (Phi) is 6.24. The minimum Gasteiger partial charge on any atom is -0.364 e. The summed E-state index contributed by atoms with van der Waals surface area (Å²) >= 11 is 0. The van der Waals surface area contributed by atoms with E-state index in [1.165, 1.54) is 54.2 Å². The number of hydrogen-bond donors (Lipinski definition) is 0. The van der Waals surface area contributed by atoms with Crippen molar-refractivity contribution in [3.8, 4) is 0 Å². The van der Waals surface area contributed by atoms with Crippen molar-refractivity contribution in [1.82, 2.24) is 0 Å². The van der Waals surface area contributed by atoms with Gasteiger partial charge in [0.25, 0.3) is 0 Å². The molecule has 6 aromatic rings. The zero-order valence-corrected chi connectivity index (χ0v) is 24.0. The van der Waals surface area contributed by atoms with Crippen LogP contribution < -0.4 is 0 Å². The van der Waals surface area contributed by atoms with Gasteiger partial charge >= 0.3 is 0 Å². The van der Waals surface area contributed by atoms with E-state index < -0.39 is 0 Å². The first-order chi connectivity index (χ1) is 18.6. The molecule has 0 aromatic heterocycles. The summed E-state index contributed by atoms with van der Waals surface area (Å²) in [7, 11) is 0. The molecule has 0 bridgehead atoms. The molecule has 2 atom stereocenters. The first-order valence-corrected chi connectivity index (χ1v) is 14.1. The van der Waals surface area contributed by atoms with Crippen molar-refractivity contribution in [3.63, 3.8) is 0 Å². The molecule has 1 heteroatoms. The second-order valence-electron chi connectivity index (χ2n) is 13.1. The number of benzene rings is 6. The average molecular weight is 511 g/mol. The fourth-order valence-electron chi connectivity index (χ4n) is 6.21. The topological polar surface area (TPSA) is 9.23 Å². The van der Waals surface area contributed by atoms with Crippen molar-refractivity contribution in [1.29, 1.82) is 0 Å². The van der Waals surface area contributed by atoms with E-state index in [1.54, 1.807) is 0 Å². The highest BCUT2D eigenvalue weighted by molar-refractivity contribution is 6.04. The Hall–Kier alpha value is -3.68. The normalized spacial score (nSPS) is 14.3. The van der Waals surface area contributed by atoms with Crippen molar-refractivity contribution < 1.29 is 4.74 Å². The van der Waals surface area contributed by atoms with E-state index >= 15 is 0 Å². The Morgan fingerprint density at radius 2 is 0.667 bits per heavy atom. The lowest BCUT2D eigenvalue weighted by molar-refractivity contribution is -0.110. The summed E-state index contributed by atoms with van der Waals surface area (Å²) < 4.78 is 7.58. The first-order valence-electron chi connectivity index (χ1n) is 14.1. The van der Waals surface area contributed by atoms with Crippen LogP contribution in [0.2, 0.25) is 0 Å². The molecule has 0 heterocycles. The van der Waals surface area contributed by atoms with Gasteiger partial charge in [-0.2, -0.15) is 0 Å². The van der Waals surface area contributed by atoms with Gasteiger partial charge in [-0.05, 0) is 77.2 Å². The summed E-state index contributed by atoms with van der Waals surface area (Å²) in [6.07, 6.45) is -0.258. The van der Waals surface area contributed by atoms with E-state index in [-0.39, 0.29) is 23.0 Å². The van der Waals surface area contributed by atoms with E-state index in [2.05, 4.69) is 151 Å². The highest BCUT2D eigenvalue weighted by Crippen LogP contribution is 2.51. The van der Waals surface area contributed by atoms with Gasteiger partial charge in [0.05, 0.1) is 12.2 Å². The molecule has 6 rings (SSSR count). The minimum atomic E-state index is -0.142. The van der Waals surface area contributed by atoms with E-state index in [9.17, 15) is 0 Å². The molecule has 6 aromatic carbocycles. The molecule has 1 nitrogen and oxygen atoms in total. The van der Waals surface area contributed by atoms with Crippen molar-refractivity contribution in [2.75, 3.05) is 0 Å². The fraction of sp³-hybridized carbons (Fsp3) is 0.263. The molecule has 0 saturated heterocycles. The predicted molar refractivity (Wildman–Crippen MR) is 168 cm³/mol. The number of fused-ring (bicyclic) bond motifs is 4. The van der Waals surface area contributed by atoms with Crippen LogP contribution >= 0.6 is 0 Å². The number of rotatable bonds is 4. The van der Waals surface area contributed by atoms with Crippen LogP contribution in [0.5, 0.6) is 0 Å². The third-order valence-electron chi connectivity index (χ3n) is 8.00. The van der Waals surface area contributed by atoms with Crippen LogP contribution in [-0.2, 0) is 4.74 Å². The molecule has 0 amide bonds. The van der Waals surface area contributed by atoms with Crippen molar-refractivity contribution in [2.45, 2.75) is 53.8 Å². The molecule has 2 unspecified atom stereocenters. The first kappa shape index (κ1) is 25.6. The van der Waals surface area contributed by atoms with Gasteiger partial charge in [0.2, 0.25) is 0 Å². The summed E-state index contributed by atoms with van der Waals surface area (Å²) in [5.41, 5.74) is 2.29. The summed E-state index contributed by atoms with van der Waals surface area (Å²) in [5, 5.41) is 10.1. The Morgan fingerprint density at radius 1 is 0.410 bits per heavy atom. The Labute approximate surface area is 232 Å². The maximum atomic E-state index is 7.58. The molecule has 0 aliphatic heterocycles. The maximum Gasteiger partial charge on any atom is 0.0893 e. The maximum absolute atomic E-state index is 7.58. The number of hydrogen-bond acceptors (Lipinski definition) is 1. The summed E-state index contributed by atoms with van der Waals surface area (Å²) in [6, 6.07) is 39.7. The molecular formula is C38H38O. The molecule has 196 valence electrons. The Balaban J connectivity index is 1.65. The lowest BCUT2D eigenvalue weighted by Gasteiger charge is -2.41. The molecule has 0 aliphatic carbocycles. The lowest BCUT2D eigenvalue weighted by Crippen LogP contribution is -2.29. The van der Waals surface area contributed by atoms with Crippen LogP contribution in [0.1, 0.15) is 64.9 Å². The van der Waals surface area contributed by atoms with Gasteiger partial charge in [0, 0.05) is 0 Å². The van der Waals surface area contributed by atoms with Crippen LogP contribution in [0, 0.1) is 10.8 Å². The smallest absolute Gasteiger partial charge is 0.0893 e. The quantitative estimate of drug-likeness (QED) is 0.214. The molecule has 0 fully saturated rings. The second kappa shape index (κ2) is 9.50. The van der Waals surface area contributed by atoms with Crippen molar-refractivity contribution in [3.05, 3.63) is 120 Å². The van der Waals surface area contributed by atoms with E-state index in [0.29, 0.717) is 0 Å². The number of ether oxygens (including phenoxy) is 1. The van der Waals surface area contributed by atoms with E-state index in [0.717, 1.165) is 0 Å². The van der Waals surface area contributed by atoms with E-state index in [1.807, 2.05) is 0 Å². The van der Waals surface area contributed by atoms with E-state index in [4.69, 9.17) is 4.74 Å². The largest absolute Gasteiger partial charge is 0.364 e. The standard InChI is InChI=1S/C38H38O/c1-37(2,3)35(33-29-19-11-7-15-25(29)23-26-16-8-12-20-30(26)33)39-36(38(4,5)6)34-31-21-13-9-17-27(31)24-28-18-10-14-22-32(28)34/h7-24,35-36H,1-6H3. The molecule has 0 N–H and O–H groups in total. The summed E-state index contributed by atoms with van der Waals surface area (Å²) in [4.78, 5) is 0. The van der Waals surface area contributed by atoms with Crippen LogP contribution in [0.4, 0.5) is 0 Å². The van der Waals surface area contributed by atoms with Crippen LogP contribution in [0.15, 0.2) is 109 Å². The zero-order valence-electron chi connectivity index (χ0n) is 24.0. The van der Waals surface area contributed by atoms with Gasteiger partial charge in [0.1, 0.15) is 0 Å². The van der Waals surface area contributed by atoms with Gasteiger partial charge in [-0.25, -0.2) is 0 Å². The summed E-state index contributed by atoms with van der Waals surface area (Å²) in [6.45, 7) is 13.9. The van der Waals surface area contributed by atoms with Crippen molar-refractivity contribution in [2.24, 2.45) is 10.8 Å². The second-order valence-corrected chi connectivity index (χ2v) is 13.1. The molecule has 39 heavy (non-hydrogen) atoms. The lowest BCUT2D eigenvalue weighted by atomic mass is 9.77. The highest BCUT2D eigenvalue weighted by atomic mass is 16.5. The molecule has 0 aliphatic rings. The summed E-state index contributed by atoms with van der Waals surface area (Å²) in [5.74, 6) is 0. The van der Waals surface area contributed by atoms with Crippen LogP contribution in [-0.4, -0.2) is 0 Å². The third-order valence-corrected chi connectivity index (χ3v) is 8.00. The van der Waals surface area contributed by atoms with Crippen molar-refractivity contribution >= 4 is 43.1 Å². The molecule has 0 spiro atoms. The zero-order chi connectivity index (χ0) is 27.4. The molecular weight excluding hydrogens is 472 g/mol. The van der Waals surface area contributed by atoms with Gasteiger partial charge in [-0.15, -0.1) is 0 Å². The third kappa shape index (κ3) is 4.60. The Morgan fingerprint density at radius 3 is 0.923 bits per heavy atom. The van der Waals surface area contributed by atoms with Crippen LogP contribution in [0.3, 0.4) is 0 Å². The van der Waals surface area contributed by atoms with Gasteiger partial charge in [-0.1, -0.05) is 139 Å². The van der Waals surface area contributed by atoms with Gasteiger partial charge in [0.15, 0.2) is 0 Å². The molecule has 0 saturated carbocycles. The SMILES string of the molecule is CC(C)(C)C(OC(c1c2ccccc2cc2ccccc12)C(C)(C)C)c1c2ccccc2cc2ccccc12. The highest BCUT2D eigenvalue weighted by Gasteiger charge is 2.38. The minimum absolute atomic E-state index is 0.129. The molecule has 0 radical (unpaired) electrons. The average Bonchev–Trinajstić information content (AvgIpc) is 2.90. The monoisotopic (exact) mass is 510 g/mol. The van der Waals surface area contributed by atoms with Gasteiger partial charge in [-0.3, -0.25) is 0 Å². The Bertz CT molecular complexity index is 1570. The predicted octanol–water partition coefficient (Wildman–Crippen LogP) is 11.2. The fourth-order valence-corrected chi connectivity index (χ4v) is 6.21. The van der Waals surface area contributed by atoms with Gasteiger partial charge < -0.3 is 4.74 Å². The van der Waals surface area contributed by atoms with Crippen LogP contribution in [0.25, 0.3) is 43.1 Å².